The number of H-pyrrole nitrogens is 1. The minimum absolute atomic E-state index is 0.105. The number of carbonyl (C=O) groups excluding carboxylic acids is 3. The smallest absolute Gasteiger partial charge is 0.324 e. The molecule has 3 N–H and O–H groups in total. The van der Waals surface area contributed by atoms with Gasteiger partial charge >= 0.3 is 6.03 Å². The van der Waals surface area contributed by atoms with E-state index in [0.717, 1.165) is 16.6 Å². The van der Waals surface area contributed by atoms with Gasteiger partial charge in [-0.25, -0.2) is 9.78 Å². The summed E-state index contributed by atoms with van der Waals surface area (Å²) in [7, 11) is 0. The van der Waals surface area contributed by atoms with E-state index in [2.05, 4.69) is 20.6 Å². The van der Waals surface area contributed by atoms with Crippen LogP contribution in [0.15, 0.2) is 54.6 Å². The molecule has 2 aromatic carbocycles. The van der Waals surface area contributed by atoms with E-state index in [4.69, 9.17) is 0 Å². The van der Waals surface area contributed by atoms with E-state index in [-0.39, 0.29) is 31.3 Å². The zero-order chi connectivity index (χ0) is 20.2. The number of para-hydroxylation sites is 2. The monoisotopic (exact) mass is 391 g/mol. The molecule has 4 amide bonds. The second-order valence-electron chi connectivity index (χ2n) is 6.91. The van der Waals surface area contributed by atoms with Crippen molar-refractivity contribution in [2.45, 2.75) is 25.4 Å². The van der Waals surface area contributed by atoms with Gasteiger partial charge in [0.2, 0.25) is 5.91 Å². The van der Waals surface area contributed by atoms with Crippen LogP contribution < -0.4 is 10.6 Å². The Labute approximate surface area is 167 Å². The van der Waals surface area contributed by atoms with Gasteiger partial charge in [0.15, 0.2) is 0 Å². The van der Waals surface area contributed by atoms with Crippen molar-refractivity contribution in [1.29, 1.82) is 0 Å². The molecule has 29 heavy (non-hydrogen) atoms. The van der Waals surface area contributed by atoms with Crippen LogP contribution in [0, 0.1) is 0 Å². The largest absolute Gasteiger partial charge is 0.349 e. The number of hydrogen-bond donors (Lipinski definition) is 3. The number of imidazole rings is 1. The van der Waals surface area contributed by atoms with Crippen LogP contribution in [0.5, 0.6) is 0 Å². The van der Waals surface area contributed by atoms with Gasteiger partial charge in [-0.1, -0.05) is 42.5 Å². The summed E-state index contributed by atoms with van der Waals surface area (Å²) in [6.45, 7) is 0.506. The molecule has 0 aliphatic carbocycles. The van der Waals surface area contributed by atoms with Gasteiger partial charge in [0.25, 0.3) is 5.91 Å². The predicted octanol–water partition coefficient (Wildman–Crippen LogP) is 1.73. The van der Waals surface area contributed by atoms with Gasteiger partial charge in [0.1, 0.15) is 11.9 Å². The number of imide groups is 1. The number of rotatable bonds is 7. The Morgan fingerprint density at radius 2 is 1.83 bits per heavy atom. The van der Waals surface area contributed by atoms with Crippen molar-refractivity contribution >= 4 is 28.9 Å². The van der Waals surface area contributed by atoms with Crippen LogP contribution in [0.1, 0.15) is 17.8 Å². The third kappa shape index (κ3) is 4.26. The van der Waals surface area contributed by atoms with Gasteiger partial charge in [-0.3, -0.25) is 14.5 Å². The maximum absolute atomic E-state index is 12.5. The lowest BCUT2D eigenvalue weighted by Crippen LogP contribution is -2.36. The predicted molar refractivity (Wildman–Crippen MR) is 107 cm³/mol. The zero-order valence-corrected chi connectivity index (χ0v) is 15.7. The van der Waals surface area contributed by atoms with Crippen molar-refractivity contribution in [3.05, 3.63) is 66.0 Å². The van der Waals surface area contributed by atoms with Gasteiger partial charge in [0.05, 0.1) is 24.0 Å². The van der Waals surface area contributed by atoms with Gasteiger partial charge in [-0.05, 0) is 24.1 Å². The Balaban J connectivity index is 1.29. The lowest BCUT2D eigenvalue weighted by atomic mass is 10.1. The molecule has 0 spiro atoms. The number of urea groups is 1. The normalized spacial score (nSPS) is 16.3. The van der Waals surface area contributed by atoms with Crippen LogP contribution in [-0.4, -0.2) is 45.3 Å². The molecule has 1 fully saturated rings. The number of fused-ring (bicyclic) bond motifs is 1. The van der Waals surface area contributed by atoms with Crippen LogP contribution in [0.4, 0.5) is 4.79 Å². The molecule has 8 nitrogen and oxygen atoms in total. The van der Waals surface area contributed by atoms with Crippen LogP contribution in [0.3, 0.4) is 0 Å². The van der Waals surface area contributed by atoms with Crippen molar-refractivity contribution in [2.75, 3.05) is 6.54 Å². The number of aromatic amines is 1. The zero-order valence-electron chi connectivity index (χ0n) is 15.7. The quantitative estimate of drug-likeness (QED) is 0.533. The SMILES string of the molecule is O=C(C[C@H]1NC(=O)N(CCc2ccccc2)C1=O)NCc1nc2ccccc2[nH]1. The minimum Gasteiger partial charge on any atom is -0.349 e. The molecule has 0 unspecified atom stereocenters. The Morgan fingerprint density at radius 1 is 1.07 bits per heavy atom. The molecule has 4 rings (SSSR count). The number of hydrogen-bond acceptors (Lipinski definition) is 4. The first-order valence-corrected chi connectivity index (χ1v) is 9.46. The number of carbonyl (C=O) groups is 3. The summed E-state index contributed by atoms with van der Waals surface area (Å²) in [5.41, 5.74) is 2.76. The average Bonchev–Trinajstić information content (AvgIpc) is 3.26. The number of aromatic nitrogens is 2. The molecule has 2 heterocycles. The summed E-state index contributed by atoms with van der Waals surface area (Å²) in [6, 6.07) is 15.9. The standard InChI is InChI=1S/C21H21N5O3/c27-19(22-13-18-23-15-8-4-5-9-16(15)24-18)12-17-20(28)26(21(29)25-17)11-10-14-6-2-1-3-7-14/h1-9,17H,10-13H2,(H,22,27)(H,23,24)(H,25,29)/t17-/m1/s1. The lowest BCUT2D eigenvalue weighted by Gasteiger charge is -2.13. The molecule has 0 bridgehead atoms. The van der Waals surface area contributed by atoms with E-state index in [1.54, 1.807) is 0 Å². The van der Waals surface area contributed by atoms with Crippen molar-refractivity contribution < 1.29 is 14.4 Å². The minimum atomic E-state index is -0.839. The van der Waals surface area contributed by atoms with Crippen molar-refractivity contribution in [1.82, 2.24) is 25.5 Å². The second-order valence-corrected chi connectivity index (χ2v) is 6.91. The summed E-state index contributed by atoms with van der Waals surface area (Å²) in [6.07, 6.45) is 0.470. The molecule has 1 aliphatic rings. The highest BCUT2D eigenvalue weighted by Crippen LogP contribution is 2.12. The molecular weight excluding hydrogens is 370 g/mol. The fraction of sp³-hybridized carbons (Fsp3) is 0.238. The highest BCUT2D eigenvalue weighted by Gasteiger charge is 2.38. The second kappa shape index (κ2) is 8.14. The maximum atomic E-state index is 12.5. The summed E-state index contributed by atoms with van der Waals surface area (Å²) >= 11 is 0. The molecule has 1 atom stereocenters. The van der Waals surface area contributed by atoms with Crippen molar-refractivity contribution in [2.24, 2.45) is 0 Å². The first kappa shape index (κ1) is 18.7. The van der Waals surface area contributed by atoms with E-state index in [9.17, 15) is 14.4 Å². The Hall–Kier alpha value is -3.68. The van der Waals surface area contributed by atoms with Crippen LogP contribution >= 0.6 is 0 Å². The number of nitrogens with zero attached hydrogens (tertiary/aromatic N) is 2. The van der Waals surface area contributed by atoms with Gasteiger partial charge in [-0.2, -0.15) is 0 Å². The molecule has 0 saturated carbocycles. The molecule has 3 aromatic rings. The third-order valence-corrected chi connectivity index (χ3v) is 4.85. The average molecular weight is 391 g/mol. The Kier molecular flexibility index (Phi) is 5.24. The summed E-state index contributed by atoms with van der Waals surface area (Å²) in [5, 5.41) is 5.33. The highest BCUT2D eigenvalue weighted by atomic mass is 16.2. The summed E-state index contributed by atoms with van der Waals surface area (Å²) < 4.78 is 0. The number of nitrogens with one attached hydrogen (secondary N) is 3. The molecule has 148 valence electrons. The van der Waals surface area contributed by atoms with E-state index in [1.165, 1.54) is 4.90 Å². The van der Waals surface area contributed by atoms with E-state index >= 15 is 0 Å². The van der Waals surface area contributed by atoms with Crippen LogP contribution in [0.25, 0.3) is 11.0 Å². The van der Waals surface area contributed by atoms with Crippen LogP contribution in [0.2, 0.25) is 0 Å². The summed E-state index contributed by atoms with van der Waals surface area (Å²) in [4.78, 5) is 45.6. The highest BCUT2D eigenvalue weighted by molar-refractivity contribution is 6.05. The molecule has 1 aliphatic heterocycles. The number of benzene rings is 2. The van der Waals surface area contributed by atoms with Crippen molar-refractivity contribution in [3.63, 3.8) is 0 Å². The van der Waals surface area contributed by atoms with E-state index in [0.29, 0.717) is 12.2 Å². The van der Waals surface area contributed by atoms with Gasteiger partial charge < -0.3 is 15.6 Å². The first-order chi connectivity index (χ1) is 14.1. The molecule has 1 aromatic heterocycles. The molecule has 0 radical (unpaired) electrons. The molecule has 8 heteroatoms. The first-order valence-electron chi connectivity index (χ1n) is 9.46. The fourth-order valence-electron chi connectivity index (χ4n) is 3.34. The molecule has 1 saturated heterocycles. The van der Waals surface area contributed by atoms with E-state index in [1.807, 2.05) is 54.6 Å². The molecular formula is C21H21N5O3. The Bertz CT molecular complexity index is 1010. The summed E-state index contributed by atoms with van der Waals surface area (Å²) in [5.74, 6) is -0.0651. The fourth-order valence-corrected chi connectivity index (χ4v) is 3.34. The maximum Gasteiger partial charge on any atom is 0.324 e. The topological polar surface area (TPSA) is 107 Å². The lowest BCUT2D eigenvalue weighted by molar-refractivity contribution is -0.130. The third-order valence-electron chi connectivity index (χ3n) is 4.85. The van der Waals surface area contributed by atoms with Crippen LogP contribution in [-0.2, 0) is 22.6 Å². The van der Waals surface area contributed by atoms with Gasteiger partial charge in [-0.15, -0.1) is 0 Å². The van der Waals surface area contributed by atoms with E-state index < -0.39 is 12.1 Å². The number of amides is 4. The Morgan fingerprint density at radius 3 is 2.62 bits per heavy atom. The van der Waals surface area contributed by atoms with Crippen molar-refractivity contribution in [3.8, 4) is 0 Å². The van der Waals surface area contributed by atoms with Gasteiger partial charge in [0, 0.05) is 6.54 Å².